The van der Waals surface area contributed by atoms with Gasteiger partial charge in [-0.1, -0.05) is 80.6 Å². The number of fused-ring (bicyclic) bond motifs is 3. The molecular formula is C31H24N2O2. The molecule has 4 aromatic rings. The van der Waals surface area contributed by atoms with Crippen LogP contribution >= 0.6 is 0 Å². The van der Waals surface area contributed by atoms with E-state index in [1.54, 1.807) is 9.80 Å². The van der Waals surface area contributed by atoms with Crippen molar-refractivity contribution < 1.29 is 9.59 Å². The number of hydrogen-bond acceptors (Lipinski definition) is 2. The summed E-state index contributed by atoms with van der Waals surface area (Å²) >= 11 is 0. The highest BCUT2D eigenvalue weighted by Gasteiger charge is 2.37. The van der Waals surface area contributed by atoms with Crippen molar-refractivity contribution in [3.8, 4) is 33.4 Å². The molecule has 0 radical (unpaired) electrons. The molecule has 0 unspecified atom stereocenters. The smallest absolute Gasteiger partial charge is 0.247 e. The zero-order valence-electron chi connectivity index (χ0n) is 19.7. The van der Waals surface area contributed by atoms with Crippen molar-refractivity contribution in [2.24, 2.45) is 0 Å². The summed E-state index contributed by atoms with van der Waals surface area (Å²) in [5.74, 6) is 0.225. The van der Waals surface area contributed by atoms with E-state index in [-0.39, 0.29) is 17.2 Å². The van der Waals surface area contributed by atoms with Crippen molar-refractivity contribution in [1.29, 1.82) is 0 Å². The van der Waals surface area contributed by atoms with Gasteiger partial charge in [-0.05, 0) is 62.7 Å². The summed E-state index contributed by atoms with van der Waals surface area (Å²) in [7, 11) is 0. The van der Waals surface area contributed by atoms with Gasteiger partial charge in [-0.15, -0.1) is 0 Å². The van der Waals surface area contributed by atoms with Gasteiger partial charge in [0.15, 0.2) is 0 Å². The summed E-state index contributed by atoms with van der Waals surface area (Å²) in [6.45, 7) is 5.48. The second kappa shape index (κ2) is 6.92. The van der Waals surface area contributed by atoms with Gasteiger partial charge in [-0.25, -0.2) is 0 Å². The van der Waals surface area contributed by atoms with Gasteiger partial charge in [-0.3, -0.25) is 9.59 Å². The largest absolute Gasteiger partial charge is 0.301 e. The Hall–Kier alpha value is -4.18. The van der Waals surface area contributed by atoms with Gasteiger partial charge in [0.2, 0.25) is 11.8 Å². The third-order valence-corrected chi connectivity index (χ3v) is 7.64. The van der Waals surface area contributed by atoms with Gasteiger partial charge < -0.3 is 9.80 Å². The van der Waals surface area contributed by atoms with Crippen LogP contribution in [-0.4, -0.2) is 24.9 Å². The zero-order valence-corrected chi connectivity index (χ0v) is 19.7. The van der Waals surface area contributed by atoms with Gasteiger partial charge in [0.1, 0.15) is 13.1 Å². The molecule has 2 heterocycles. The fourth-order valence-corrected chi connectivity index (χ4v) is 5.58. The first kappa shape index (κ1) is 20.2. The van der Waals surface area contributed by atoms with E-state index in [2.05, 4.69) is 80.6 Å². The molecule has 0 atom stereocenters. The van der Waals surface area contributed by atoms with E-state index in [0.29, 0.717) is 13.1 Å². The number of carbonyl (C=O) groups is 2. The SMILES string of the molecule is CC1(C)c2ccccc2-c2c(-c3ccc(-c4cc(N5CC5=O)cc(N5CC5=O)c4)cc3)cccc21. The van der Waals surface area contributed by atoms with Crippen molar-refractivity contribution in [3.63, 3.8) is 0 Å². The molecule has 2 aliphatic heterocycles. The average molecular weight is 457 g/mol. The highest BCUT2D eigenvalue weighted by molar-refractivity contribution is 6.15. The second-order valence-corrected chi connectivity index (χ2v) is 10.2. The lowest BCUT2D eigenvalue weighted by Crippen LogP contribution is -2.14. The van der Waals surface area contributed by atoms with Crippen LogP contribution in [0.3, 0.4) is 0 Å². The summed E-state index contributed by atoms with van der Waals surface area (Å²) in [6.07, 6.45) is 0. The average Bonchev–Trinajstić information content (AvgIpc) is 3.79. The predicted molar refractivity (Wildman–Crippen MR) is 140 cm³/mol. The van der Waals surface area contributed by atoms with Crippen molar-refractivity contribution in [3.05, 3.63) is 96.1 Å². The molecule has 2 fully saturated rings. The third-order valence-electron chi connectivity index (χ3n) is 7.64. The molecule has 170 valence electrons. The topological polar surface area (TPSA) is 40.2 Å². The molecule has 4 nitrogen and oxygen atoms in total. The van der Waals surface area contributed by atoms with Gasteiger partial charge in [0.25, 0.3) is 0 Å². The van der Waals surface area contributed by atoms with Gasteiger partial charge in [0.05, 0.1) is 0 Å². The summed E-state index contributed by atoms with van der Waals surface area (Å²) in [4.78, 5) is 27.0. The molecule has 0 aromatic heterocycles. The predicted octanol–water partition coefficient (Wildman–Crippen LogP) is 6.02. The fraction of sp³-hybridized carbons (Fsp3) is 0.161. The van der Waals surface area contributed by atoms with Gasteiger partial charge in [-0.2, -0.15) is 0 Å². The normalized spacial score (nSPS) is 16.9. The maximum Gasteiger partial charge on any atom is 0.247 e. The number of hydrogen-bond donors (Lipinski definition) is 0. The van der Waals surface area contributed by atoms with Crippen molar-refractivity contribution >= 4 is 23.2 Å². The Balaban J connectivity index is 1.30. The summed E-state index contributed by atoms with van der Waals surface area (Å²) < 4.78 is 0. The van der Waals surface area contributed by atoms with E-state index in [1.165, 1.54) is 33.4 Å². The molecule has 3 aliphatic rings. The van der Waals surface area contributed by atoms with Crippen LogP contribution in [0.5, 0.6) is 0 Å². The highest BCUT2D eigenvalue weighted by atomic mass is 16.2. The Labute approximate surface area is 204 Å². The fourth-order valence-electron chi connectivity index (χ4n) is 5.58. The van der Waals surface area contributed by atoms with Gasteiger partial charge >= 0.3 is 0 Å². The van der Waals surface area contributed by atoms with E-state index in [0.717, 1.165) is 22.5 Å². The molecule has 7 rings (SSSR count). The Morgan fingerprint density at radius 2 is 1.14 bits per heavy atom. The van der Waals surface area contributed by atoms with Crippen LogP contribution in [0, 0.1) is 0 Å². The molecule has 0 spiro atoms. The molecule has 4 heteroatoms. The molecule has 2 saturated heterocycles. The van der Waals surface area contributed by atoms with E-state index in [9.17, 15) is 9.59 Å². The summed E-state index contributed by atoms with van der Waals surface area (Å²) in [5, 5.41) is 0. The monoisotopic (exact) mass is 456 g/mol. The van der Waals surface area contributed by atoms with Gasteiger partial charge in [0, 0.05) is 16.8 Å². The first-order chi connectivity index (χ1) is 16.9. The number of nitrogens with zero attached hydrogens (tertiary/aromatic N) is 2. The Kier molecular flexibility index (Phi) is 4.00. The van der Waals surface area contributed by atoms with Crippen LogP contribution in [0.25, 0.3) is 33.4 Å². The van der Waals surface area contributed by atoms with E-state index < -0.39 is 0 Å². The highest BCUT2D eigenvalue weighted by Crippen LogP contribution is 2.52. The first-order valence-electron chi connectivity index (χ1n) is 12.0. The van der Waals surface area contributed by atoms with Crippen molar-refractivity contribution in [1.82, 2.24) is 0 Å². The number of amides is 2. The number of rotatable bonds is 4. The molecule has 0 N–H and O–H groups in total. The molecule has 0 bridgehead atoms. The minimum atomic E-state index is -0.0239. The van der Waals surface area contributed by atoms with Crippen LogP contribution < -0.4 is 9.80 Å². The van der Waals surface area contributed by atoms with Crippen molar-refractivity contribution in [2.75, 3.05) is 22.9 Å². The second-order valence-electron chi connectivity index (χ2n) is 10.2. The maximum absolute atomic E-state index is 11.8. The lowest BCUT2D eigenvalue weighted by Gasteiger charge is -2.21. The first-order valence-corrected chi connectivity index (χ1v) is 12.0. The van der Waals surface area contributed by atoms with E-state index in [4.69, 9.17) is 0 Å². The number of benzene rings is 4. The Morgan fingerprint density at radius 1 is 0.600 bits per heavy atom. The number of anilines is 2. The van der Waals surface area contributed by atoms with Crippen LogP contribution in [0.1, 0.15) is 25.0 Å². The lowest BCUT2D eigenvalue weighted by atomic mass is 9.82. The maximum atomic E-state index is 11.8. The molecule has 0 saturated carbocycles. The minimum absolute atomic E-state index is 0.0239. The summed E-state index contributed by atoms with van der Waals surface area (Å²) in [5.41, 5.74) is 11.5. The van der Waals surface area contributed by atoms with E-state index >= 15 is 0 Å². The van der Waals surface area contributed by atoms with Crippen LogP contribution in [-0.2, 0) is 15.0 Å². The van der Waals surface area contributed by atoms with Crippen LogP contribution in [0.2, 0.25) is 0 Å². The van der Waals surface area contributed by atoms with Crippen LogP contribution in [0.4, 0.5) is 11.4 Å². The zero-order chi connectivity index (χ0) is 23.9. The van der Waals surface area contributed by atoms with E-state index in [1.807, 2.05) is 18.2 Å². The quantitative estimate of drug-likeness (QED) is 0.352. The molecule has 4 aromatic carbocycles. The molecule has 2 amide bonds. The molecule has 1 aliphatic carbocycles. The Morgan fingerprint density at radius 3 is 1.77 bits per heavy atom. The standard InChI is InChI=1S/C31H24N2O2/c1-31(2)26-8-4-3-6-25(26)30-24(7-5-9-27(30)31)20-12-10-19(11-13-20)21-14-22(32-17-28(32)34)16-23(15-21)33-18-29(33)35/h3-16H,17-18H2,1-2H3. The van der Waals surface area contributed by atoms with Crippen molar-refractivity contribution in [2.45, 2.75) is 19.3 Å². The molecule has 35 heavy (non-hydrogen) atoms. The lowest BCUT2D eigenvalue weighted by molar-refractivity contribution is -0.110. The minimum Gasteiger partial charge on any atom is -0.301 e. The Bertz CT molecular complexity index is 1530. The number of carbonyl (C=O) groups excluding carboxylic acids is 2. The summed E-state index contributed by atoms with van der Waals surface area (Å²) in [6, 6.07) is 30.0. The third kappa shape index (κ3) is 3.06. The van der Waals surface area contributed by atoms with Crippen LogP contribution in [0.15, 0.2) is 84.9 Å². The molecular weight excluding hydrogens is 432 g/mol.